The van der Waals surface area contributed by atoms with Crippen LogP contribution in [0.1, 0.15) is 42.3 Å². The molecule has 0 unspecified atom stereocenters. The van der Waals surface area contributed by atoms with Crippen LogP contribution in [-0.2, 0) is 17.8 Å². The van der Waals surface area contributed by atoms with E-state index in [9.17, 15) is 9.59 Å². The SMILES string of the molecule is CCOc1ccc(CCNC(=O)[C@@H](C)N2Cc3ccccc3C2=O)cc1OCC. The van der Waals surface area contributed by atoms with Gasteiger partial charge in [-0.05, 0) is 56.5 Å². The Labute approximate surface area is 171 Å². The van der Waals surface area contributed by atoms with Crippen molar-refractivity contribution >= 4 is 11.8 Å². The van der Waals surface area contributed by atoms with Crippen LogP contribution >= 0.6 is 0 Å². The molecule has 0 radical (unpaired) electrons. The monoisotopic (exact) mass is 396 g/mol. The third-order valence-corrected chi connectivity index (χ3v) is 5.02. The van der Waals surface area contributed by atoms with Gasteiger partial charge in [0.1, 0.15) is 6.04 Å². The van der Waals surface area contributed by atoms with Crippen molar-refractivity contribution < 1.29 is 19.1 Å². The third kappa shape index (κ3) is 4.70. The zero-order chi connectivity index (χ0) is 20.8. The van der Waals surface area contributed by atoms with E-state index in [0.717, 1.165) is 16.9 Å². The van der Waals surface area contributed by atoms with Crippen LogP contribution in [0.2, 0.25) is 0 Å². The molecule has 0 spiro atoms. The Balaban J connectivity index is 1.55. The number of fused-ring (bicyclic) bond motifs is 1. The molecule has 6 heteroatoms. The van der Waals surface area contributed by atoms with Gasteiger partial charge >= 0.3 is 0 Å². The fourth-order valence-electron chi connectivity index (χ4n) is 3.46. The Bertz CT molecular complexity index is 881. The molecule has 0 saturated carbocycles. The average Bonchev–Trinajstić information content (AvgIpc) is 3.06. The highest BCUT2D eigenvalue weighted by Gasteiger charge is 2.33. The lowest BCUT2D eigenvalue weighted by molar-refractivity contribution is -0.125. The number of ether oxygens (including phenoxy) is 2. The van der Waals surface area contributed by atoms with Gasteiger partial charge in [-0.3, -0.25) is 9.59 Å². The first-order valence-electron chi connectivity index (χ1n) is 10.1. The van der Waals surface area contributed by atoms with Gasteiger partial charge in [0.15, 0.2) is 11.5 Å². The smallest absolute Gasteiger partial charge is 0.255 e. The van der Waals surface area contributed by atoms with E-state index in [1.807, 2.05) is 56.3 Å². The number of hydrogen-bond donors (Lipinski definition) is 1. The van der Waals surface area contributed by atoms with Crippen LogP contribution in [0.3, 0.4) is 0 Å². The van der Waals surface area contributed by atoms with Gasteiger partial charge in [0.05, 0.1) is 13.2 Å². The summed E-state index contributed by atoms with van der Waals surface area (Å²) in [6, 6.07) is 12.8. The zero-order valence-electron chi connectivity index (χ0n) is 17.2. The predicted octanol–water partition coefficient (Wildman–Crippen LogP) is 3.19. The first kappa shape index (κ1) is 20.7. The number of benzene rings is 2. The summed E-state index contributed by atoms with van der Waals surface area (Å²) < 4.78 is 11.2. The summed E-state index contributed by atoms with van der Waals surface area (Å²) in [7, 11) is 0. The molecule has 2 aromatic rings. The fraction of sp³-hybridized carbons (Fsp3) is 0.391. The van der Waals surface area contributed by atoms with Crippen molar-refractivity contribution in [2.75, 3.05) is 19.8 Å². The molecule has 0 aliphatic carbocycles. The summed E-state index contributed by atoms with van der Waals surface area (Å²) >= 11 is 0. The average molecular weight is 396 g/mol. The van der Waals surface area contributed by atoms with Crippen molar-refractivity contribution in [3.8, 4) is 11.5 Å². The topological polar surface area (TPSA) is 67.9 Å². The lowest BCUT2D eigenvalue weighted by Gasteiger charge is -2.23. The molecule has 0 fully saturated rings. The molecule has 3 rings (SSSR count). The van der Waals surface area contributed by atoms with Gasteiger partial charge in [-0.1, -0.05) is 24.3 Å². The molecule has 0 aromatic heterocycles. The van der Waals surface area contributed by atoms with E-state index in [0.29, 0.717) is 44.0 Å². The second kappa shape index (κ2) is 9.45. The normalized spacial score (nSPS) is 13.8. The quantitative estimate of drug-likeness (QED) is 0.707. The molecule has 2 aromatic carbocycles. The van der Waals surface area contributed by atoms with Gasteiger partial charge < -0.3 is 19.7 Å². The maximum atomic E-state index is 12.6. The minimum absolute atomic E-state index is 0.0869. The standard InChI is InChI=1S/C23H28N2O4/c1-4-28-20-11-10-17(14-21(20)29-5-2)12-13-24-22(26)16(3)25-15-18-8-6-7-9-19(18)23(25)27/h6-11,14,16H,4-5,12-13,15H2,1-3H3,(H,24,26)/t16-/m1/s1. The predicted molar refractivity (Wildman–Crippen MR) is 111 cm³/mol. The highest BCUT2D eigenvalue weighted by molar-refractivity contribution is 6.01. The van der Waals surface area contributed by atoms with Crippen molar-refractivity contribution in [3.63, 3.8) is 0 Å². The summed E-state index contributed by atoms with van der Waals surface area (Å²) in [5.41, 5.74) is 2.70. The Morgan fingerprint density at radius 2 is 1.83 bits per heavy atom. The fourth-order valence-corrected chi connectivity index (χ4v) is 3.46. The summed E-state index contributed by atoms with van der Waals surface area (Å²) in [4.78, 5) is 26.7. The van der Waals surface area contributed by atoms with Crippen LogP contribution in [0.5, 0.6) is 11.5 Å². The van der Waals surface area contributed by atoms with Gasteiger partial charge in [0.25, 0.3) is 5.91 Å². The van der Waals surface area contributed by atoms with Gasteiger partial charge in [-0.25, -0.2) is 0 Å². The van der Waals surface area contributed by atoms with Crippen molar-refractivity contribution in [1.82, 2.24) is 10.2 Å². The molecule has 1 aliphatic rings. The number of nitrogens with zero attached hydrogens (tertiary/aromatic N) is 1. The van der Waals surface area contributed by atoms with Gasteiger partial charge in [0, 0.05) is 18.7 Å². The molecular formula is C23H28N2O4. The van der Waals surface area contributed by atoms with Crippen LogP contribution in [0.25, 0.3) is 0 Å². The van der Waals surface area contributed by atoms with Crippen LogP contribution in [0.15, 0.2) is 42.5 Å². The van der Waals surface area contributed by atoms with Crippen LogP contribution in [0, 0.1) is 0 Å². The van der Waals surface area contributed by atoms with E-state index in [1.165, 1.54) is 0 Å². The zero-order valence-corrected chi connectivity index (χ0v) is 17.2. The molecule has 2 amide bonds. The van der Waals surface area contributed by atoms with Crippen LogP contribution in [0.4, 0.5) is 0 Å². The number of carbonyl (C=O) groups is 2. The molecule has 1 N–H and O–H groups in total. The number of rotatable bonds is 9. The molecule has 1 aliphatic heterocycles. The molecule has 1 heterocycles. The van der Waals surface area contributed by atoms with E-state index in [2.05, 4.69) is 5.32 Å². The number of carbonyl (C=O) groups excluding carboxylic acids is 2. The lowest BCUT2D eigenvalue weighted by atomic mass is 10.1. The van der Waals surface area contributed by atoms with Crippen molar-refractivity contribution in [1.29, 1.82) is 0 Å². The minimum Gasteiger partial charge on any atom is -0.490 e. The number of amides is 2. The second-order valence-electron chi connectivity index (χ2n) is 6.95. The second-order valence-corrected chi connectivity index (χ2v) is 6.95. The molecule has 1 atom stereocenters. The van der Waals surface area contributed by atoms with E-state index < -0.39 is 6.04 Å². The maximum Gasteiger partial charge on any atom is 0.255 e. The Hall–Kier alpha value is -3.02. The van der Waals surface area contributed by atoms with Crippen LogP contribution in [-0.4, -0.2) is 42.5 Å². The molecular weight excluding hydrogens is 368 g/mol. The van der Waals surface area contributed by atoms with Gasteiger partial charge in [-0.15, -0.1) is 0 Å². The number of hydrogen-bond acceptors (Lipinski definition) is 4. The van der Waals surface area contributed by atoms with E-state index in [1.54, 1.807) is 11.8 Å². The molecule has 0 saturated heterocycles. The minimum atomic E-state index is -0.519. The van der Waals surface area contributed by atoms with Gasteiger partial charge in [-0.2, -0.15) is 0 Å². The van der Waals surface area contributed by atoms with Crippen LogP contribution < -0.4 is 14.8 Å². The molecule has 0 bridgehead atoms. The molecule has 29 heavy (non-hydrogen) atoms. The highest BCUT2D eigenvalue weighted by atomic mass is 16.5. The first-order valence-corrected chi connectivity index (χ1v) is 10.1. The lowest BCUT2D eigenvalue weighted by Crippen LogP contribution is -2.45. The Morgan fingerprint density at radius 3 is 2.55 bits per heavy atom. The van der Waals surface area contributed by atoms with Crippen molar-refractivity contribution in [2.45, 2.75) is 39.8 Å². The summed E-state index contributed by atoms with van der Waals surface area (Å²) in [5, 5.41) is 2.94. The number of nitrogens with one attached hydrogen (secondary N) is 1. The van der Waals surface area contributed by atoms with E-state index in [-0.39, 0.29) is 11.8 Å². The maximum absolute atomic E-state index is 12.6. The largest absolute Gasteiger partial charge is 0.490 e. The van der Waals surface area contributed by atoms with Gasteiger partial charge in [0.2, 0.25) is 5.91 Å². The summed E-state index contributed by atoms with van der Waals surface area (Å²) in [6.45, 7) is 7.73. The Kier molecular flexibility index (Phi) is 6.75. The Morgan fingerprint density at radius 1 is 1.10 bits per heavy atom. The highest BCUT2D eigenvalue weighted by Crippen LogP contribution is 2.28. The van der Waals surface area contributed by atoms with E-state index in [4.69, 9.17) is 9.47 Å². The summed E-state index contributed by atoms with van der Waals surface area (Å²) in [5.74, 6) is 1.20. The van der Waals surface area contributed by atoms with Crippen molar-refractivity contribution in [3.05, 3.63) is 59.2 Å². The third-order valence-electron chi connectivity index (χ3n) is 5.02. The van der Waals surface area contributed by atoms with Crippen molar-refractivity contribution in [2.24, 2.45) is 0 Å². The molecule has 6 nitrogen and oxygen atoms in total. The van der Waals surface area contributed by atoms with E-state index >= 15 is 0 Å². The summed E-state index contributed by atoms with van der Waals surface area (Å²) in [6.07, 6.45) is 0.666. The molecule has 154 valence electrons. The first-order chi connectivity index (χ1) is 14.0.